The standard InChI is InChI=1S/C32H34N8O3/c1-32(2,38-14-6-7-15-38)16-23(17-33)30(41)37-18-22(19-37)20-39-29-27(28(34)35-21-36-29)40(31(39)42)24-10-12-26(13-11-24)43-25-8-4-3-5-9-25/h3-5,8-13,16,21-22H,6-7,14-15,18-20H2,1-2H3,(H2,34,35,36)/b23-16-. The van der Waals surface area contributed by atoms with Gasteiger partial charge in [-0.05, 0) is 82.3 Å². The summed E-state index contributed by atoms with van der Waals surface area (Å²) in [6.07, 6.45) is 5.39. The molecule has 43 heavy (non-hydrogen) atoms. The molecule has 0 unspecified atom stereocenters. The normalized spacial score (nSPS) is 16.3. The lowest BCUT2D eigenvalue weighted by atomic mass is 9.95. The second-order valence-electron chi connectivity index (χ2n) is 11.7. The van der Waals surface area contributed by atoms with Crippen LogP contribution >= 0.6 is 0 Å². The van der Waals surface area contributed by atoms with Crippen molar-refractivity contribution in [1.29, 1.82) is 5.26 Å². The smallest absolute Gasteiger partial charge is 0.335 e. The van der Waals surface area contributed by atoms with Crippen molar-refractivity contribution < 1.29 is 9.53 Å². The van der Waals surface area contributed by atoms with Crippen LogP contribution in [0.2, 0.25) is 0 Å². The van der Waals surface area contributed by atoms with Gasteiger partial charge in [-0.3, -0.25) is 18.8 Å². The molecule has 0 spiro atoms. The van der Waals surface area contributed by atoms with E-state index in [1.165, 1.54) is 10.9 Å². The van der Waals surface area contributed by atoms with E-state index in [-0.39, 0.29) is 34.4 Å². The first-order chi connectivity index (χ1) is 20.7. The summed E-state index contributed by atoms with van der Waals surface area (Å²) in [6.45, 7) is 7.24. The lowest BCUT2D eigenvalue weighted by molar-refractivity contribution is -0.133. The van der Waals surface area contributed by atoms with Crippen LogP contribution in [0, 0.1) is 17.2 Å². The first-order valence-electron chi connectivity index (χ1n) is 14.5. The van der Waals surface area contributed by atoms with Gasteiger partial charge in [0.15, 0.2) is 11.5 Å². The molecule has 2 aromatic carbocycles. The molecular weight excluding hydrogens is 544 g/mol. The second-order valence-corrected chi connectivity index (χ2v) is 11.7. The van der Waals surface area contributed by atoms with Crippen LogP contribution in [0.4, 0.5) is 5.82 Å². The summed E-state index contributed by atoms with van der Waals surface area (Å²) in [7, 11) is 0. The van der Waals surface area contributed by atoms with Crippen molar-refractivity contribution >= 4 is 22.9 Å². The minimum absolute atomic E-state index is 0.0186. The Kier molecular flexibility index (Phi) is 7.46. The van der Waals surface area contributed by atoms with Crippen LogP contribution in [0.25, 0.3) is 16.9 Å². The molecule has 2 fully saturated rings. The molecule has 6 rings (SSSR count). The molecule has 11 heteroatoms. The maximum Gasteiger partial charge on any atom is 0.335 e. The van der Waals surface area contributed by atoms with Crippen molar-refractivity contribution in [2.45, 2.75) is 38.8 Å². The largest absolute Gasteiger partial charge is 0.457 e. The van der Waals surface area contributed by atoms with Gasteiger partial charge in [0, 0.05) is 31.1 Å². The number of nitrogens with two attached hydrogens (primary N) is 1. The van der Waals surface area contributed by atoms with E-state index < -0.39 is 0 Å². The third-order valence-corrected chi connectivity index (χ3v) is 8.26. The summed E-state index contributed by atoms with van der Waals surface area (Å²) in [5.74, 6) is 1.28. The Morgan fingerprint density at radius 2 is 1.74 bits per heavy atom. The maximum atomic E-state index is 13.8. The highest BCUT2D eigenvalue weighted by Gasteiger charge is 2.36. The number of nitrogen functional groups attached to an aromatic ring is 1. The highest BCUT2D eigenvalue weighted by molar-refractivity contribution is 5.98. The number of fused-ring (bicyclic) bond motifs is 1. The number of ether oxygens (including phenoxy) is 1. The minimum Gasteiger partial charge on any atom is -0.457 e. The van der Waals surface area contributed by atoms with Gasteiger partial charge in [0.05, 0.1) is 5.69 Å². The first kappa shape index (κ1) is 28.2. The zero-order valence-corrected chi connectivity index (χ0v) is 24.3. The number of carbonyl (C=O) groups excluding carboxylic acids is 1. The van der Waals surface area contributed by atoms with Gasteiger partial charge in [-0.15, -0.1) is 0 Å². The van der Waals surface area contributed by atoms with Gasteiger partial charge >= 0.3 is 5.69 Å². The Balaban J connectivity index is 1.20. The number of rotatable bonds is 8. The molecule has 0 radical (unpaired) electrons. The number of amides is 1. The third-order valence-electron chi connectivity index (χ3n) is 8.26. The first-order valence-corrected chi connectivity index (χ1v) is 14.5. The van der Waals surface area contributed by atoms with Crippen LogP contribution in [0.3, 0.4) is 0 Å². The van der Waals surface area contributed by atoms with Gasteiger partial charge in [-0.25, -0.2) is 14.8 Å². The predicted molar refractivity (Wildman–Crippen MR) is 163 cm³/mol. The van der Waals surface area contributed by atoms with Crippen molar-refractivity contribution in [3.63, 3.8) is 0 Å². The van der Waals surface area contributed by atoms with E-state index >= 15 is 0 Å². The number of hydrogen-bond acceptors (Lipinski definition) is 8. The molecule has 2 saturated heterocycles. The SMILES string of the molecule is CC(C)(/C=C(/C#N)C(=O)N1CC(Cn2c(=O)n(-c3ccc(Oc4ccccc4)cc3)c3c(N)ncnc32)C1)N1CCCC1. The molecule has 2 N–H and O–H groups in total. The topological polar surface area (TPSA) is 135 Å². The van der Waals surface area contributed by atoms with Gasteiger partial charge in [0.2, 0.25) is 0 Å². The molecule has 2 aliphatic heterocycles. The minimum atomic E-state index is -0.373. The predicted octanol–water partition coefficient (Wildman–Crippen LogP) is 3.74. The number of benzene rings is 2. The van der Waals surface area contributed by atoms with E-state index in [0.717, 1.165) is 25.9 Å². The van der Waals surface area contributed by atoms with Crippen LogP contribution in [-0.2, 0) is 11.3 Å². The fraction of sp³-hybridized carbons (Fsp3) is 0.344. The molecule has 1 amide bonds. The van der Waals surface area contributed by atoms with Gasteiger partial charge in [-0.2, -0.15) is 5.26 Å². The number of nitrogens with zero attached hydrogens (tertiary/aromatic N) is 7. The number of likely N-dealkylation sites (tertiary alicyclic amines) is 2. The summed E-state index contributed by atoms with van der Waals surface area (Å²) >= 11 is 0. The Bertz CT molecular complexity index is 1770. The molecule has 2 aliphatic rings. The number of nitriles is 1. The average molecular weight is 579 g/mol. The highest BCUT2D eigenvalue weighted by atomic mass is 16.5. The van der Waals surface area contributed by atoms with Crippen molar-refractivity contribution in [1.82, 2.24) is 28.9 Å². The number of carbonyl (C=O) groups is 1. The number of anilines is 1. The van der Waals surface area contributed by atoms with Crippen molar-refractivity contribution in [3.8, 4) is 23.3 Å². The second kappa shape index (κ2) is 11.4. The summed E-state index contributed by atoms with van der Waals surface area (Å²) in [4.78, 5) is 39.5. The monoisotopic (exact) mass is 578 g/mol. The molecule has 0 bridgehead atoms. The van der Waals surface area contributed by atoms with Crippen LogP contribution in [0.1, 0.15) is 26.7 Å². The number of aromatic nitrogens is 4. The quantitative estimate of drug-likeness (QED) is 0.247. The molecule has 0 aliphatic carbocycles. The van der Waals surface area contributed by atoms with Gasteiger partial charge in [0.1, 0.15) is 35.0 Å². The van der Waals surface area contributed by atoms with Crippen molar-refractivity contribution in [2.24, 2.45) is 5.92 Å². The van der Waals surface area contributed by atoms with Crippen LogP contribution < -0.4 is 16.2 Å². The Morgan fingerprint density at radius 1 is 1.07 bits per heavy atom. The Morgan fingerprint density at radius 3 is 2.42 bits per heavy atom. The molecule has 0 saturated carbocycles. The van der Waals surface area contributed by atoms with Crippen molar-refractivity contribution in [2.75, 3.05) is 31.9 Å². The zero-order chi connectivity index (χ0) is 30.1. The fourth-order valence-electron chi connectivity index (χ4n) is 5.95. The van der Waals surface area contributed by atoms with E-state index in [9.17, 15) is 14.9 Å². The van der Waals surface area contributed by atoms with Gasteiger partial charge in [-0.1, -0.05) is 18.2 Å². The summed E-state index contributed by atoms with van der Waals surface area (Å²) in [5, 5.41) is 9.79. The lowest BCUT2D eigenvalue weighted by Gasteiger charge is -2.39. The number of para-hydroxylation sites is 1. The number of imidazole rings is 1. The lowest BCUT2D eigenvalue weighted by Crippen LogP contribution is -2.52. The summed E-state index contributed by atoms with van der Waals surface area (Å²) in [6, 6.07) is 18.7. The number of hydrogen-bond donors (Lipinski definition) is 1. The van der Waals surface area contributed by atoms with Gasteiger partial charge in [0.25, 0.3) is 5.91 Å². The third kappa shape index (κ3) is 5.49. The van der Waals surface area contributed by atoms with Crippen LogP contribution in [0.5, 0.6) is 11.5 Å². The average Bonchev–Trinajstić information content (AvgIpc) is 3.63. The molecule has 0 atom stereocenters. The van der Waals surface area contributed by atoms with Crippen LogP contribution in [0.15, 0.2) is 77.4 Å². The molecular formula is C32H34N8O3. The highest BCUT2D eigenvalue weighted by Crippen LogP contribution is 2.28. The van der Waals surface area contributed by atoms with E-state index in [2.05, 4.69) is 20.9 Å². The molecule has 4 aromatic rings. The zero-order valence-electron chi connectivity index (χ0n) is 24.3. The van der Waals surface area contributed by atoms with E-state index in [0.29, 0.717) is 48.0 Å². The molecule has 11 nitrogen and oxygen atoms in total. The van der Waals surface area contributed by atoms with Gasteiger partial charge < -0.3 is 15.4 Å². The molecule has 4 heterocycles. The summed E-state index contributed by atoms with van der Waals surface area (Å²) in [5.41, 5.74) is 7.19. The maximum absolute atomic E-state index is 13.8. The fourth-order valence-corrected chi connectivity index (χ4v) is 5.95. The summed E-state index contributed by atoms with van der Waals surface area (Å²) < 4.78 is 9.00. The van der Waals surface area contributed by atoms with Crippen LogP contribution in [-0.4, -0.2) is 66.5 Å². The Labute approximate surface area is 249 Å². The van der Waals surface area contributed by atoms with Crippen molar-refractivity contribution in [3.05, 3.63) is 83.1 Å². The Hall–Kier alpha value is -4.95. The van der Waals surface area contributed by atoms with E-state index in [1.807, 2.05) is 44.2 Å². The van der Waals surface area contributed by atoms with E-state index in [4.69, 9.17) is 10.5 Å². The molecule has 2 aromatic heterocycles. The molecule has 220 valence electrons. The van der Waals surface area contributed by atoms with E-state index in [1.54, 1.807) is 39.8 Å².